The number of piperidine rings is 1. The Morgan fingerprint density at radius 2 is 1.89 bits per heavy atom. The van der Waals surface area contributed by atoms with E-state index in [1.165, 1.54) is 0 Å². The van der Waals surface area contributed by atoms with Gasteiger partial charge in [-0.2, -0.15) is 0 Å². The van der Waals surface area contributed by atoms with Crippen molar-refractivity contribution < 1.29 is 19.1 Å². The molecule has 0 aliphatic carbocycles. The Morgan fingerprint density at radius 3 is 2.46 bits per heavy atom. The normalized spacial score (nSPS) is 20.7. The highest BCUT2D eigenvalue weighted by Gasteiger charge is 2.38. The fourth-order valence-electron chi connectivity index (χ4n) is 3.29. The average molecular weight is 413 g/mol. The topological polar surface area (TPSA) is 67.9 Å². The number of amides is 1. The molecule has 1 saturated heterocycles. The van der Waals surface area contributed by atoms with Crippen LogP contribution in [-0.2, 0) is 14.3 Å². The van der Waals surface area contributed by atoms with Gasteiger partial charge in [-0.15, -0.1) is 12.4 Å². The molecule has 1 aromatic rings. The SMILES string of the molecule is CCOC(=O)[C@H]1CN(C(=O)OC(C)(C)C)CC[C@@H]1N[C@H](C)c1ccccc1.Cl. The predicted molar refractivity (Wildman–Crippen MR) is 112 cm³/mol. The van der Waals surface area contributed by atoms with Gasteiger partial charge in [-0.1, -0.05) is 30.3 Å². The van der Waals surface area contributed by atoms with Crippen molar-refractivity contribution in [1.82, 2.24) is 10.2 Å². The Morgan fingerprint density at radius 1 is 1.25 bits per heavy atom. The second-order valence-electron chi connectivity index (χ2n) is 7.98. The Kier molecular flexibility index (Phi) is 9.24. The van der Waals surface area contributed by atoms with Gasteiger partial charge in [-0.3, -0.25) is 4.79 Å². The van der Waals surface area contributed by atoms with Crippen LogP contribution in [0.3, 0.4) is 0 Å². The van der Waals surface area contributed by atoms with Crippen molar-refractivity contribution >= 4 is 24.5 Å². The lowest BCUT2D eigenvalue weighted by molar-refractivity contribution is -0.151. The number of carbonyl (C=O) groups is 2. The summed E-state index contributed by atoms with van der Waals surface area (Å²) in [6.45, 7) is 10.6. The largest absolute Gasteiger partial charge is 0.466 e. The monoisotopic (exact) mass is 412 g/mol. The molecule has 1 N–H and O–H groups in total. The zero-order valence-electron chi connectivity index (χ0n) is 17.4. The molecule has 0 radical (unpaired) electrons. The van der Waals surface area contributed by atoms with E-state index in [-0.39, 0.29) is 36.6 Å². The summed E-state index contributed by atoms with van der Waals surface area (Å²) < 4.78 is 10.7. The lowest BCUT2D eigenvalue weighted by Crippen LogP contribution is -2.55. The first-order chi connectivity index (χ1) is 12.7. The summed E-state index contributed by atoms with van der Waals surface area (Å²) in [5.41, 5.74) is 0.600. The summed E-state index contributed by atoms with van der Waals surface area (Å²) >= 11 is 0. The molecule has 6 nitrogen and oxygen atoms in total. The van der Waals surface area contributed by atoms with Gasteiger partial charge in [0.2, 0.25) is 0 Å². The quantitative estimate of drug-likeness (QED) is 0.741. The van der Waals surface area contributed by atoms with Gasteiger partial charge < -0.3 is 19.7 Å². The summed E-state index contributed by atoms with van der Waals surface area (Å²) in [6.07, 6.45) is 0.284. The molecule has 0 spiro atoms. The van der Waals surface area contributed by atoms with Crippen LogP contribution in [0.25, 0.3) is 0 Å². The molecule has 1 fully saturated rings. The lowest BCUT2D eigenvalue weighted by Gasteiger charge is -2.39. The van der Waals surface area contributed by atoms with Crippen molar-refractivity contribution in [3.63, 3.8) is 0 Å². The van der Waals surface area contributed by atoms with Crippen LogP contribution < -0.4 is 5.32 Å². The molecule has 1 aliphatic rings. The van der Waals surface area contributed by atoms with Crippen LogP contribution in [0.5, 0.6) is 0 Å². The molecule has 0 saturated carbocycles. The molecule has 0 aromatic heterocycles. The lowest BCUT2D eigenvalue weighted by atomic mass is 9.91. The van der Waals surface area contributed by atoms with Gasteiger partial charge in [0.25, 0.3) is 0 Å². The van der Waals surface area contributed by atoms with Gasteiger partial charge >= 0.3 is 12.1 Å². The number of ether oxygens (including phenoxy) is 2. The first kappa shape index (κ1) is 24.2. The van der Waals surface area contributed by atoms with Crippen molar-refractivity contribution in [2.24, 2.45) is 5.92 Å². The number of halogens is 1. The third-order valence-electron chi connectivity index (χ3n) is 4.62. The summed E-state index contributed by atoms with van der Waals surface area (Å²) in [4.78, 5) is 26.6. The number of hydrogen-bond acceptors (Lipinski definition) is 5. The van der Waals surface area contributed by atoms with Gasteiger partial charge in [-0.25, -0.2) is 4.79 Å². The molecule has 1 heterocycles. The summed E-state index contributed by atoms with van der Waals surface area (Å²) in [6, 6.07) is 10.2. The van der Waals surface area contributed by atoms with Crippen molar-refractivity contribution in [1.29, 1.82) is 0 Å². The highest BCUT2D eigenvalue weighted by Crippen LogP contribution is 2.24. The van der Waals surface area contributed by atoms with E-state index in [4.69, 9.17) is 9.47 Å². The first-order valence-corrected chi connectivity index (χ1v) is 9.67. The van der Waals surface area contributed by atoms with E-state index in [9.17, 15) is 9.59 Å². The number of rotatable bonds is 5. The van der Waals surface area contributed by atoms with E-state index < -0.39 is 11.5 Å². The number of nitrogens with zero attached hydrogens (tertiary/aromatic N) is 1. The Bertz CT molecular complexity index is 633. The molecular formula is C21H33ClN2O4. The van der Waals surface area contributed by atoms with Crippen LogP contribution in [0.4, 0.5) is 4.79 Å². The molecule has 1 aromatic carbocycles. The van der Waals surface area contributed by atoms with E-state index in [0.29, 0.717) is 26.1 Å². The molecule has 2 rings (SSSR count). The predicted octanol–water partition coefficient (Wildman–Crippen LogP) is 3.95. The number of carbonyl (C=O) groups excluding carboxylic acids is 2. The fraction of sp³-hybridized carbons (Fsp3) is 0.619. The number of benzene rings is 1. The molecule has 1 amide bonds. The molecule has 1 aliphatic heterocycles. The van der Waals surface area contributed by atoms with E-state index in [0.717, 1.165) is 5.56 Å². The second kappa shape index (κ2) is 10.7. The van der Waals surface area contributed by atoms with Gasteiger partial charge in [0.05, 0.1) is 12.5 Å². The van der Waals surface area contributed by atoms with Gasteiger partial charge in [0.1, 0.15) is 5.60 Å². The molecular weight excluding hydrogens is 380 g/mol. The molecule has 0 bridgehead atoms. The van der Waals surface area contributed by atoms with Crippen LogP contribution in [-0.4, -0.2) is 48.3 Å². The maximum atomic E-state index is 12.5. The molecule has 0 unspecified atom stereocenters. The van der Waals surface area contributed by atoms with E-state index >= 15 is 0 Å². The smallest absolute Gasteiger partial charge is 0.410 e. The third kappa shape index (κ3) is 6.99. The fourth-order valence-corrected chi connectivity index (χ4v) is 3.29. The average Bonchev–Trinajstić information content (AvgIpc) is 2.61. The number of likely N-dealkylation sites (tertiary alicyclic amines) is 1. The summed E-state index contributed by atoms with van der Waals surface area (Å²) in [5, 5.41) is 3.55. The Labute approximate surface area is 174 Å². The van der Waals surface area contributed by atoms with E-state index in [1.54, 1.807) is 11.8 Å². The van der Waals surface area contributed by atoms with Gasteiger partial charge in [0, 0.05) is 25.2 Å². The van der Waals surface area contributed by atoms with Crippen LogP contribution >= 0.6 is 12.4 Å². The first-order valence-electron chi connectivity index (χ1n) is 9.67. The minimum Gasteiger partial charge on any atom is -0.466 e. The van der Waals surface area contributed by atoms with Crippen LogP contribution in [0, 0.1) is 5.92 Å². The maximum absolute atomic E-state index is 12.5. The van der Waals surface area contributed by atoms with Crippen molar-refractivity contribution in [3.05, 3.63) is 35.9 Å². The second-order valence-corrected chi connectivity index (χ2v) is 7.98. The highest BCUT2D eigenvalue weighted by atomic mass is 35.5. The number of esters is 1. The standard InChI is InChI=1S/C21H32N2O4.ClH/c1-6-26-19(24)17-14-23(20(25)27-21(3,4)5)13-12-18(17)22-15(2)16-10-8-7-9-11-16;/h7-11,15,17-18,22H,6,12-14H2,1-5H3;1H/t15-,17+,18+;/m1./s1. The minimum atomic E-state index is -0.562. The number of nitrogens with one attached hydrogen (secondary N) is 1. The Hall–Kier alpha value is -1.79. The molecule has 7 heteroatoms. The van der Waals surface area contributed by atoms with Gasteiger partial charge in [0.15, 0.2) is 0 Å². The zero-order chi connectivity index (χ0) is 20.0. The van der Waals surface area contributed by atoms with Crippen molar-refractivity contribution in [2.45, 2.75) is 58.7 Å². The molecule has 158 valence electrons. The van der Waals surface area contributed by atoms with Crippen molar-refractivity contribution in [2.75, 3.05) is 19.7 Å². The highest BCUT2D eigenvalue weighted by molar-refractivity contribution is 5.85. The van der Waals surface area contributed by atoms with E-state index in [2.05, 4.69) is 24.4 Å². The van der Waals surface area contributed by atoms with Gasteiger partial charge in [-0.05, 0) is 46.6 Å². The van der Waals surface area contributed by atoms with Crippen LogP contribution in [0.1, 0.15) is 52.6 Å². The third-order valence-corrected chi connectivity index (χ3v) is 4.62. The van der Waals surface area contributed by atoms with Crippen LogP contribution in [0.2, 0.25) is 0 Å². The molecule has 3 atom stereocenters. The summed E-state index contributed by atoms with van der Waals surface area (Å²) in [7, 11) is 0. The minimum absolute atomic E-state index is 0. The molecule has 28 heavy (non-hydrogen) atoms. The van der Waals surface area contributed by atoms with Crippen LogP contribution in [0.15, 0.2) is 30.3 Å². The number of hydrogen-bond donors (Lipinski definition) is 1. The summed E-state index contributed by atoms with van der Waals surface area (Å²) in [5.74, 6) is -0.694. The maximum Gasteiger partial charge on any atom is 0.410 e. The Balaban J connectivity index is 0.00000392. The zero-order valence-corrected chi connectivity index (χ0v) is 18.3. The van der Waals surface area contributed by atoms with Crippen molar-refractivity contribution in [3.8, 4) is 0 Å². The van der Waals surface area contributed by atoms with E-state index in [1.807, 2.05) is 39.0 Å².